The Kier molecular flexibility index (Phi) is 6.61. The number of likely N-dealkylation sites (N-methyl/N-ethyl adjacent to an activating group) is 1. The molecule has 0 saturated heterocycles. The number of benzene rings is 2. The molecule has 2 aromatic carbocycles. The summed E-state index contributed by atoms with van der Waals surface area (Å²) in [5.41, 5.74) is 3.25. The van der Waals surface area contributed by atoms with Crippen LogP contribution in [0.2, 0.25) is 0 Å². The summed E-state index contributed by atoms with van der Waals surface area (Å²) in [6.07, 6.45) is 1.77. The number of halogens is 1. The predicted molar refractivity (Wildman–Crippen MR) is 109 cm³/mol. The molecule has 0 amide bonds. The molecule has 1 aromatic heterocycles. The van der Waals surface area contributed by atoms with E-state index in [0.29, 0.717) is 5.89 Å². The Morgan fingerprint density at radius 3 is 2.35 bits per heavy atom. The first-order chi connectivity index (χ1) is 12.6. The molecule has 3 rings (SSSR count). The van der Waals surface area contributed by atoms with Crippen LogP contribution in [0.4, 0.5) is 0 Å². The Hall–Kier alpha value is -1.95. The van der Waals surface area contributed by atoms with Gasteiger partial charge in [-0.25, -0.2) is 4.98 Å². The number of rotatable bonds is 8. The van der Waals surface area contributed by atoms with Crippen LogP contribution in [0.5, 0.6) is 0 Å². The Morgan fingerprint density at radius 1 is 0.923 bits per heavy atom. The van der Waals surface area contributed by atoms with Crippen LogP contribution in [0.15, 0.2) is 69.8 Å². The molecule has 4 nitrogen and oxygen atoms in total. The second-order valence-corrected chi connectivity index (χ2v) is 7.57. The van der Waals surface area contributed by atoms with Crippen LogP contribution < -0.4 is 0 Å². The van der Waals surface area contributed by atoms with Crippen molar-refractivity contribution >= 4 is 15.9 Å². The first-order valence-corrected chi connectivity index (χ1v) is 9.51. The van der Waals surface area contributed by atoms with Gasteiger partial charge in [0, 0.05) is 36.2 Å². The molecule has 0 spiro atoms. The number of aromatic nitrogens is 1. The number of hydrogen-bond donors (Lipinski definition) is 0. The SMILES string of the molecule is CN(C)CCN(Cc1ccccc1)Cc1coc(-c2ccc(Br)cc2)n1. The topological polar surface area (TPSA) is 32.5 Å². The summed E-state index contributed by atoms with van der Waals surface area (Å²) in [6.45, 7) is 3.64. The Bertz CT molecular complexity index is 800. The lowest BCUT2D eigenvalue weighted by atomic mass is 10.2. The Labute approximate surface area is 163 Å². The van der Waals surface area contributed by atoms with Crippen LogP contribution in [-0.4, -0.2) is 42.0 Å². The average molecular weight is 414 g/mol. The van der Waals surface area contributed by atoms with Gasteiger partial charge in [-0.15, -0.1) is 0 Å². The van der Waals surface area contributed by atoms with Crippen LogP contribution in [0, 0.1) is 0 Å². The molecule has 0 aliphatic carbocycles. The van der Waals surface area contributed by atoms with Crippen molar-refractivity contribution in [3.05, 3.63) is 76.6 Å². The van der Waals surface area contributed by atoms with Crippen molar-refractivity contribution < 1.29 is 4.42 Å². The van der Waals surface area contributed by atoms with Crippen molar-refractivity contribution in [2.24, 2.45) is 0 Å². The van der Waals surface area contributed by atoms with Crippen LogP contribution in [0.1, 0.15) is 11.3 Å². The summed E-state index contributed by atoms with van der Waals surface area (Å²) < 4.78 is 6.75. The second kappa shape index (κ2) is 9.12. The number of oxazole rings is 1. The maximum atomic E-state index is 5.70. The van der Waals surface area contributed by atoms with Gasteiger partial charge in [-0.3, -0.25) is 4.90 Å². The second-order valence-electron chi connectivity index (χ2n) is 6.65. The highest BCUT2D eigenvalue weighted by Crippen LogP contribution is 2.22. The van der Waals surface area contributed by atoms with Crippen molar-refractivity contribution in [3.8, 4) is 11.5 Å². The molecule has 0 N–H and O–H groups in total. The monoisotopic (exact) mass is 413 g/mol. The summed E-state index contributed by atoms with van der Waals surface area (Å²) in [5.74, 6) is 0.666. The summed E-state index contributed by atoms with van der Waals surface area (Å²) in [4.78, 5) is 9.29. The van der Waals surface area contributed by atoms with Gasteiger partial charge in [0.25, 0.3) is 0 Å². The molecular formula is C21H24BrN3O. The maximum absolute atomic E-state index is 5.70. The van der Waals surface area contributed by atoms with E-state index in [9.17, 15) is 0 Å². The summed E-state index contributed by atoms with van der Waals surface area (Å²) in [7, 11) is 4.20. The molecule has 0 aliphatic heterocycles. The van der Waals surface area contributed by atoms with E-state index in [2.05, 4.69) is 75.1 Å². The predicted octanol–water partition coefficient (Wildman–Crippen LogP) is 4.67. The molecule has 0 bridgehead atoms. The highest BCUT2D eigenvalue weighted by molar-refractivity contribution is 9.10. The average Bonchev–Trinajstić information content (AvgIpc) is 3.09. The number of hydrogen-bond acceptors (Lipinski definition) is 4. The Balaban J connectivity index is 1.70. The van der Waals surface area contributed by atoms with Gasteiger partial charge < -0.3 is 9.32 Å². The van der Waals surface area contributed by atoms with Crippen LogP contribution in [0.25, 0.3) is 11.5 Å². The van der Waals surface area contributed by atoms with Crippen molar-refractivity contribution in [2.45, 2.75) is 13.1 Å². The number of nitrogens with zero attached hydrogens (tertiary/aromatic N) is 3. The van der Waals surface area contributed by atoms with Crippen LogP contribution in [0.3, 0.4) is 0 Å². The van der Waals surface area contributed by atoms with Gasteiger partial charge in [0.05, 0.1) is 5.69 Å². The first-order valence-electron chi connectivity index (χ1n) is 8.71. The third kappa shape index (κ3) is 5.53. The molecule has 1 heterocycles. The molecule has 0 aliphatic rings. The van der Waals surface area contributed by atoms with Gasteiger partial charge in [-0.05, 0) is 43.9 Å². The molecule has 5 heteroatoms. The zero-order valence-corrected chi connectivity index (χ0v) is 16.8. The van der Waals surface area contributed by atoms with E-state index in [0.717, 1.165) is 41.9 Å². The standard InChI is InChI=1S/C21H24BrN3O/c1-24(2)12-13-25(14-17-6-4-3-5-7-17)15-20-16-26-21(23-20)18-8-10-19(22)11-9-18/h3-11,16H,12-15H2,1-2H3. The fourth-order valence-electron chi connectivity index (χ4n) is 2.73. The molecule has 26 heavy (non-hydrogen) atoms. The van der Waals surface area contributed by atoms with Crippen molar-refractivity contribution in [3.63, 3.8) is 0 Å². The van der Waals surface area contributed by atoms with Gasteiger partial charge in [0.1, 0.15) is 6.26 Å². The molecule has 3 aromatic rings. The highest BCUT2D eigenvalue weighted by atomic mass is 79.9. The Morgan fingerprint density at radius 2 is 1.65 bits per heavy atom. The van der Waals surface area contributed by atoms with Gasteiger partial charge in [-0.2, -0.15) is 0 Å². The van der Waals surface area contributed by atoms with Crippen LogP contribution in [-0.2, 0) is 13.1 Å². The molecule has 0 saturated carbocycles. The van der Waals surface area contributed by atoms with E-state index in [-0.39, 0.29) is 0 Å². The molecule has 0 atom stereocenters. The normalized spacial score (nSPS) is 11.4. The lowest BCUT2D eigenvalue weighted by Gasteiger charge is -2.23. The zero-order valence-electron chi connectivity index (χ0n) is 15.2. The van der Waals surface area contributed by atoms with Crippen LogP contribution >= 0.6 is 15.9 Å². The van der Waals surface area contributed by atoms with Crippen molar-refractivity contribution in [1.82, 2.24) is 14.8 Å². The van der Waals surface area contributed by atoms with Gasteiger partial charge in [0.15, 0.2) is 0 Å². The van der Waals surface area contributed by atoms with E-state index in [1.807, 2.05) is 24.3 Å². The van der Waals surface area contributed by atoms with Gasteiger partial charge >= 0.3 is 0 Å². The van der Waals surface area contributed by atoms with E-state index in [1.165, 1.54) is 5.56 Å². The van der Waals surface area contributed by atoms with Gasteiger partial charge in [0.2, 0.25) is 5.89 Å². The minimum atomic E-state index is 0.666. The van der Waals surface area contributed by atoms with Crippen molar-refractivity contribution in [1.29, 1.82) is 0 Å². The summed E-state index contributed by atoms with van der Waals surface area (Å²) in [5, 5.41) is 0. The quantitative estimate of drug-likeness (QED) is 0.537. The lowest BCUT2D eigenvalue weighted by molar-refractivity contribution is 0.224. The molecular weight excluding hydrogens is 390 g/mol. The van der Waals surface area contributed by atoms with E-state index in [4.69, 9.17) is 4.42 Å². The molecule has 0 radical (unpaired) electrons. The zero-order chi connectivity index (χ0) is 18.4. The highest BCUT2D eigenvalue weighted by Gasteiger charge is 2.12. The largest absolute Gasteiger partial charge is 0.444 e. The molecule has 0 fully saturated rings. The van der Waals surface area contributed by atoms with E-state index < -0.39 is 0 Å². The van der Waals surface area contributed by atoms with Crippen molar-refractivity contribution in [2.75, 3.05) is 27.2 Å². The van der Waals surface area contributed by atoms with Gasteiger partial charge in [-0.1, -0.05) is 46.3 Å². The van der Waals surface area contributed by atoms with E-state index >= 15 is 0 Å². The third-order valence-corrected chi connectivity index (χ3v) is 4.67. The van der Waals surface area contributed by atoms with E-state index in [1.54, 1.807) is 6.26 Å². The fourth-order valence-corrected chi connectivity index (χ4v) is 3.00. The summed E-state index contributed by atoms with van der Waals surface area (Å²) >= 11 is 3.45. The smallest absolute Gasteiger partial charge is 0.226 e. The minimum Gasteiger partial charge on any atom is -0.444 e. The maximum Gasteiger partial charge on any atom is 0.226 e. The lowest BCUT2D eigenvalue weighted by Crippen LogP contribution is -2.31. The molecule has 0 unspecified atom stereocenters. The minimum absolute atomic E-state index is 0.666. The molecule has 136 valence electrons. The fraction of sp³-hybridized carbons (Fsp3) is 0.286. The first kappa shape index (κ1) is 18.8. The summed E-state index contributed by atoms with van der Waals surface area (Å²) in [6, 6.07) is 18.6. The third-order valence-electron chi connectivity index (χ3n) is 4.14.